The summed E-state index contributed by atoms with van der Waals surface area (Å²) >= 11 is 1.12. The zero-order valence-corrected chi connectivity index (χ0v) is 14.1. The lowest BCUT2D eigenvalue weighted by Crippen LogP contribution is -2.49. The largest absolute Gasteiger partial charge is 0.385 e. The molecule has 1 heterocycles. The molecule has 2 N–H and O–H groups in total. The van der Waals surface area contributed by atoms with Gasteiger partial charge in [-0.1, -0.05) is 19.9 Å². The molecule has 6 nitrogen and oxygen atoms in total. The molecule has 1 rings (SSSR count). The maximum absolute atomic E-state index is 12.2. The Morgan fingerprint density at radius 1 is 1.43 bits per heavy atom. The van der Waals surface area contributed by atoms with Crippen molar-refractivity contribution in [2.75, 3.05) is 20.3 Å². The average Bonchev–Trinajstić information content (AvgIpc) is 2.95. The van der Waals surface area contributed by atoms with E-state index in [1.807, 2.05) is 0 Å². The van der Waals surface area contributed by atoms with E-state index in [-0.39, 0.29) is 16.0 Å². The van der Waals surface area contributed by atoms with Crippen molar-refractivity contribution in [3.8, 4) is 0 Å². The summed E-state index contributed by atoms with van der Waals surface area (Å²) < 4.78 is 32.0. The van der Waals surface area contributed by atoms with E-state index in [9.17, 15) is 13.2 Å². The number of thiophene rings is 1. The Kier molecular flexibility index (Phi) is 7.30. The van der Waals surface area contributed by atoms with E-state index < -0.39 is 16.1 Å². The maximum atomic E-state index is 12.2. The molecule has 0 saturated carbocycles. The first-order chi connectivity index (χ1) is 9.88. The standard InChI is InChI=1S/C13H22N2O4S2/c1-10(2)12(13(16)14-7-5-8-19-3)15-21(17,18)11-6-4-9-20-11/h4,6,9-10,12,15H,5,7-8H2,1-3H3,(H,14,16). The summed E-state index contributed by atoms with van der Waals surface area (Å²) in [6, 6.07) is 2.38. The molecule has 21 heavy (non-hydrogen) atoms. The molecule has 0 aliphatic carbocycles. The van der Waals surface area contributed by atoms with Crippen molar-refractivity contribution in [1.29, 1.82) is 0 Å². The van der Waals surface area contributed by atoms with Crippen molar-refractivity contribution in [1.82, 2.24) is 10.0 Å². The van der Waals surface area contributed by atoms with Gasteiger partial charge in [0.2, 0.25) is 5.91 Å². The molecule has 1 unspecified atom stereocenters. The SMILES string of the molecule is COCCCNC(=O)C(NS(=O)(=O)c1cccs1)C(C)C. The minimum Gasteiger partial charge on any atom is -0.385 e. The maximum Gasteiger partial charge on any atom is 0.250 e. The number of nitrogens with one attached hydrogen (secondary N) is 2. The third-order valence-corrected chi connectivity index (χ3v) is 5.65. The lowest BCUT2D eigenvalue weighted by Gasteiger charge is -2.21. The second kappa shape index (κ2) is 8.47. The van der Waals surface area contributed by atoms with Crippen LogP contribution in [0.5, 0.6) is 0 Å². The van der Waals surface area contributed by atoms with Crippen molar-refractivity contribution >= 4 is 27.3 Å². The van der Waals surface area contributed by atoms with Crippen LogP contribution in [0, 0.1) is 5.92 Å². The molecule has 8 heteroatoms. The number of carbonyl (C=O) groups excluding carboxylic acids is 1. The van der Waals surface area contributed by atoms with Crippen molar-refractivity contribution in [3.05, 3.63) is 17.5 Å². The second-order valence-corrected chi connectivity index (χ2v) is 7.80. The number of hydrogen-bond acceptors (Lipinski definition) is 5. The highest BCUT2D eigenvalue weighted by Crippen LogP contribution is 2.17. The van der Waals surface area contributed by atoms with Crippen LogP contribution in [0.2, 0.25) is 0 Å². The Bertz CT molecular complexity index is 526. The predicted octanol–water partition coefficient (Wildman–Crippen LogP) is 1.20. The van der Waals surface area contributed by atoms with Crippen LogP contribution >= 0.6 is 11.3 Å². The van der Waals surface area contributed by atoms with Crippen LogP contribution in [0.3, 0.4) is 0 Å². The van der Waals surface area contributed by atoms with Gasteiger partial charge in [-0.25, -0.2) is 8.42 Å². The summed E-state index contributed by atoms with van der Waals surface area (Å²) in [7, 11) is -2.07. The van der Waals surface area contributed by atoms with Gasteiger partial charge in [0.1, 0.15) is 10.3 Å². The van der Waals surface area contributed by atoms with Crippen LogP contribution in [0.25, 0.3) is 0 Å². The monoisotopic (exact) mass is 334 g/mol. The van der Waals surface area contributed by atoms with E-state index in [2.05, 4.69) is 10.0 Å². The van der Waals surface area contributed by atoms with E-state index in [1.165, 1.54) is 6.07 Å². The number of methoxy groups -OCH3 is 1. The molecular weight excluding hydrogens is 312 g/mol. The highest BCUT2D eigenvalue weighted by molar-refractivity contribution is 7.91. The van der Waals surface area contributed by atoms with E-state index in [1.54, 1.807) is 32.4 Å². The Labute approximate surface area is 129 Å². The minimum absolute atomic E-state index is 0.151. The third kappa shape index (κ3) is 5.74. The summed E-state index contributed by atoms with van der Waals surface area (Å²) in [6.45, 7) is 4.61. The van der Waals surface area contributed by atoms with Gasteiger partial charge in [0.05, 0.1) is 0 Å². The molecule has 1 aromatic rings. The summed E-state index contributed by atoms with van der Waals surface area (Å²) in [5.74, 6) is -0.469. The normalized spacial score (nSPS) is 13.3. The smallest absolute Gasteiger partial charge is 0.250 e. The van der Waals surface area contributed by atoms with Crippen LogP contribution in [0.1, 0.15) is 20.3 Å². The van der Waals surface area contributed by atoms with Gasteiger partial charge in [-0.05, 0) is 23.8 Å². The van der Waals surface area contributed by atoms with Gasteiger partial charge in [-0.2, -0.15) is 4.72 Å². The first-order valence-corrected chi connectivity index (χ1v) is 9.07. The molecule has 1 aromatic heterocycles. The Hall–Kier alpha value is -0.960. The first-order valence-electron chi connectivity index (χ1n) is 6.71. The number of ether oxygens (including phenoxy) is 1. The first kappa shape index (κ1) is 18.1. The topological polar surface area (TPSA) is 84.5 Å². The predicted molar refractivity (Wildman–Crippen MR) is 82.8 cm³/mol. The van der Waals surface area contributed by atoms with Crippen LogP contribution < -0.4 is 10.0 Å². The molecular formula is C13H22N2O4S2. The minimum atomic E-state index is -3.66. The molecule has 0 aliphatic heterocycles. The number of hydrogen-bond donors (Lipinski definition) is 2. The average molecular weight is 334 g/mol. The van der Waals surface area contributed by atoms with Crippen molar-refractivity contribution in [2.24, 2.45) is 5.92 Å². The zero-order chi connectivity index (χ0) is 15.9. The van der Waals surface area contributed by atoms with Gasteiger partial charge < -0.3 is 10.1 Å². The van der Waals surface area contributed by atoms with Gasteiger partial charge in [0.25, 0.3) is 10.0 Å². The summed E-state index contributed by atoms with van der Waals surface area (Å²) in [4.78, 5) is 12.1. The summed E-state index contributed by atoms with van der Waals surface area (Å²) in [5.41, 5.74) is 0. The zero-order valence-electron chi connectivity index (χ0n) is 12.5. The molecule has 0 aliphatic rings. The van der Waals surface area contributed by atoms with Gasteiger partial charge in [0, 0.05) is 20.3 Å². The molecule has 1 amide bonds. The lowest BCUT2D eigenvalue weighted by molar-refractivity contribution is -0.123. The highest BCUT2D eigenvalue weighted by Gasteiger charge is 2.28. The van der Waals surface area contributed by atoms with Gasteiger partial charge in [0.15, 0.2) is 0 Å². The van der Waals surface area contributed by atoms with E-state index in [0.29, 0.717) is 19.6 Å². The van der Waals surface area contributed by atoms with E-state index in [0.717, 1.165) is 11.3 Å². The third-order valence-electron chi connectivity index (χ3n) is 2.82. The fraction of sp³-hybridized carbons (Fsp3) is 0.615. The molecule has 0 aromatic carbocycles. The summed E-state index contributed by atoms with van der Waals surface area (Å²) in [6.07, 6.45) is 0.685. The number of rotatable bonds is 9. The molecule has 0 bridgehead atoms. The van der Waals surface area contributed by atoms with E-state index in [4.69, 9.17) is 4.74 Å². The van der Waals surface area contributed by atoms with Crippen molar-refractivity contribution in [2.45, 2.75) is 30.5 Å². The number of sulfonamides is 1. The van der Waals surface area contributed by atoms with Crippen LogP contribution in [-0.2, 0) is 19.6 Å². The number of amides is 1. The van der Waals surface area contributed by atoms with Crippen molar-refractivity contribution < 1.29 is 17.9 Å². The molecule has 120 valence electrons. The Morgan fingerprint density at radius 3 is 2.67 bits per heavy atom. The molecule has 0 spiro atoms. The van der Waals surface area contributed by atoms with Crippen LogP contribution in [-0.4, -0.2) is 40.6 Å². The molecule has 1 atom stereocenters. The van der Waals surface area contributed by atoms with Gasteiger partial charge in [-0.15, -0.1) is 11.3 Å². The van der Waals surface area contributed by atoms with Gasteiger partial charge >= 0.3 is 0 Å². The fourth-order valence-corrected chi connectivity index (χ4v) is 4.03. The highest BCUT2D eigenvalue weighted by atomic mass is 32.2. The van der Waals surface area contributed by atoms with Crippen LogP contribution in [0.15, 0.2) is 21.7 Å². The van der Waals surface area contributed by atoms with Crippen molar-refractivity contribution in [3.63, 3.8) is 0 Å². The summed E-state index contributed by atoms with van der Waals surface area (Å²) in [5, 5.41) is 4.41. The molecule has 0 saturated heterocycles. The Balaban J connectivity index is 2.67. The molecule has 0 fully saturated rings. The van der Waals surface area contributed by atoms with Crippen LogP contribution in [0.4, 0.5) is 0 Å². The number of carbonyl (C=O) groups is 1. The molecule has 0 radical (unpaired) electrons. The fourth-order valence-electron chi connectivity index (χ4n) is 1.67. The Morgan fingerprint density at radius 2 is 2.14 bits per heavy atom. The van der Waals surface area contributed by atoms with E-state index >= 15 is 0 Å². The quantitative estimate of drug-likeness (QED) is 0.665. The second-order valence-electron chi connectivity index (χ2n) is 4.91. The lowest BCUT2D eigenvalue weighted by atomic mass is 10.1. The van der Waals surface area contributed by atoms with Gasteiger partial charge in [-0.3, -0.25) is 4.79 Å².